The molecule has 2 aromatic rings. The van der Waals surface area contributed by atoms with E-state index in [1.165, 1.54) is 0 Å². The Hall–Kier alpha value is -2.83. The van der Waals surface area contributed by atoms with E-state index in [0.29, 0.717) is 30.7 Å². The number of benzene rings is 1. The molecule has 7 heteroatoms. The van der Waals surface area contributed by atoms with Crippen molar-refractivity contribution in [1.29, 1.82) is 0 Å². The minimum absolute atomic E-state index is 0.171. The molecule has 0 radical (unpaired) electrons. The summed E-state index contributed by atoms with van der Waals surface area (Å²) in [6.07, 6.45) is 0.373. The minimum atomic E-state index is -0.625. The number of para-hydroxylation sites is 2. The number of hydrogen-bond donors (Lipinski definition) is 0. The first-order valence-electron chi connectivity index (χ1n) is 8.29. The van der Waals surface area contributed by atoms with E-state index >= 15 is 0 Å². The lowest BCUT2D eigenvalue weighted by Gasteiger charge is -2.23. The molecule has 0 spiro atoms. The van der Waals surface area contributed by atoms with Crippen LogP contribution in [0.5, 0.6) is 11.5 Å². The van der Waals surface area contributed by atoms with E-state index in [-0.39, 0.29) is 12.2 Å². The SMILES string of the molecule is C=C1OCC(C)O1.CC1COc2ccccc2O1.Cc1oc(=O)oc1C. The Balaban J connectivity index is 0.000000145. The molecule has 0 aliphatic carbocycles. The molecule has 0 bridgehead atoms. The Bertz CT molecular complexity index is 752. The third-order valence-corrected chi connectivity index (χ3v) is 3.43. The summed E-state index contributed by atoms with van der Waals surface area (Å²) in [4.78, 5) is 10.2. The lowest BCUT2D eigenvalue weighted by molar-refractivity contribution is 0.104. The second-order valence-corrected chi connectivity index (χ2v) is 5.86. The predicted octanol–water partition coefficient (Wildman–Crippen LogP) is 3.59. The Morgan fingerprint density at radius 2 is 1.42 bits per heavy atom. The molecule has 2 unspecified atom stereocenters. The van der Waals surface area contributed by atoms with Crippen LogP contribution in [-0.2, 0) is 9.47 Å². The van der Waals surface area contributed by atoms with Crippen molar-refractivity contribution in [1.82, 2.24) is 0 Å². The predicted molar refractivity (Wildman–Crippen MR) is 94.4 cm³/mol. The Morgan fingerprint density at radius 1 is 0.885 bits per heavy atom. The molecule has 1 saturated heterocycles. The van der Waals surface area contributed by atoms with Gasteiger partial charge in [-0.05, 0) is 46.4 Å². The molecule has 0 amide bonds. The lowest BCUT2D eigenvalue weighted by atomic mass is 10.3. The van der Waals surface area contributed by atoms with E-state index < -0.39 is 5.82 Å². The van der Waals surface area contributed by atoms with Gasteiger partial charge in [-0.1, -0.05) is 12.1 Å². The molecule has 2 aliphatic heterocycles. The molecule has 4 rings (SSSR count). The van der Waals surface area contributed by atoms with Gasteiger partial charge < -0.3 is 27.8 Å². The normalized spacial score (nSPS) is 19.9. The molecule has 1 aromatic carbocycles. The summed E-state index contributed by atoms with van der Waals surface area (Å²) in [5, 5.41) is 0. The summed E-state index contributed by atoms with van der Waals surface area (Å²) in [5.74, 6) is 2.63. The Labute approximate surface area is 152 Å². The maximum absolute atomic E-state index is 10.2. The first-order valence-corrected chi connectivity index (χ1v) is 8.29. The summed E-state index contributed by atoms with van der Waals surface area (Å²) < 4.78 is 29.7. The van der Waals surface area contributed by atoms with E-state index in [9.17, 15) is 4.79 Å². The maximum atomic E-state index is 10.2. The first kappa shape index (κ1) is 19.5. The van der Waals surface area contributed by atoms with Crippen LogP contribution in [0.3, 0.4) is 0 Å². The molecule has 3 heterocycles. The van der Waals surface area contributed by atoms with Crippen LogP contribution in [0.25, 0.3) is 0 Å². The van der Waals surface area contributed by atoms with Gasteiger partial charge >= 0.3 is 5.82 Å². The van der Waals surface area contributed by atoms with E-state index in [1.54, 1.807) is 13.8 Å². The van der Waals surface area contributed by atoms with Crippen LogP contribution in [0.15, 0.2) is 50.4 Å². The van der Waals surface area contributed by atoms with Gasteiger partial charge in [0.05, 0.1) is 0 Å². The van der Waals surface area contributed by atoms with Crippen molar-refractivity contribution in [3.05, 3.63) is 58.9 Å². The number of hydrogen-bond acceptors (Lipinski definition) is 7. The molecule has 142 valence electrons. The Morgan fingerprint density at radius 3 is 1.85 bits per heavy atom. The average molecular weight is 364 g/mol. The summed E-state index contributed by atoms with van der Waals surface area (Å²) in [6.45, 7) is 12.1. The van der Waals surface area contributed by atoms with E-state index in [0.717, 1.165) is 11.5 Å². The van der Waals surface area contributed by atoms with Gasteiger partial charge in [-0.2, -0.15) is 0 Å². The van der Waals surface area contributed by atoms with E-state index in [4.69, 9.17) is 18.9 Å². The highest BCUT2D eigenvalue weighted by molar-refractivity contribution is 5.40. The van der Waals surface area contributed by atoms with Crippen molar-refractivity contribution in [3.63, 3.8) is 0 Å². The third-order valence-electron chi connectivity index (χ3n) is 3.43. The van der Waals surface area contributed by atoms with Gasteiger partial charge in [-0.15, -0.1) is 0 Å². The fourth-order valence-electron chi connectivity index (χ4n) is 2.04. The highest BCUT2D eigenvalue weighted by Gasteiger charge is 2.15. The zero-order valence-corrected chi connectivity index (χ0v) is 15.4. The zero-order chi connectivity index (χ0) is 19.1. The molecule has 1 aromatic heterocycles. The van der Waals surface area contributed by atoms with Crippen LogP contribution < -0.4 is 15.3 Å². The third kappa shape index (κ3) is 5.91. The van der Waals surface area contributed by atoms with E-state index in [2.05, 4.69) is 15.4 Å². The first-order chi connectivity index (χ1) is 12.3. The van der Waals surface area contributed by atoms with Gasteiger partial charge in [0.2, 0.25) is 0 Å². The number of fused-ring (bicyclic) bond motifs is 1. The van der Waals surface area contributed by atoms with Crippen molar-refractivity contribution < 1.29 is 27.8 Å². The van der Waals surface area contributed by atoms with Gasteiger partial charge in [-0.25, -0.2) is 4.79 Å². The largest absolute Gasteiger partial charge is 0.518 e. The molecular formula is C19H24O7. The molecule has 7 nitrogen and oxygen atoms in total. The molecule has 2 aliphatic rings. The number of aryl methyl sites for hydroxylation is 2. The summed E-state index contributed by atoms with van der Waals surface area (Å²) >= 11 is 0. The highest BCUT2D eigenvalue weighted by atomic mass is 16.7. The van der Waals surface area contributed by atoms with Crippen LogP contribution in [0.1, 0.15) is 25.4 Å². The Kier molecular flexibility index (Phi) is 6.77. The average Bonchev–Trinajstić information content (AvgIpc) is 3.11. The van der Waals surface area contributed by atoms with Crippen LogP contribution in [0.4, 0.5) is 0 Å². The molecule has 0 saturated carbocycles. The number of rotatable bonds is 0. The maximum Gasteiger partial charge on any atom is 0.518 e. The monoisotopic (exact) mass is 364 g/mol. The van der Waals surface area contributed by atoms with Gasteiger partial charge in [0.25, 0.3) is 5.95 Å². The van der Waals surface area contributed by atoms with Crippen LogP contribution >= 0.6 is 0 Å². The molecule has 0 N–H and O–H groups in total. The lowest BCUT2D eigenvalue weighted by Crippen LogP contribution is -2.25. The summed E-state index contributed by atoms with van der Waals surface area (Å²) in [5.41, 5.74) is 0. The molecule has 2 atom stereocenters. The van der Waals surface area contributed by atoms with Gasteiger partial charge in [0.1, 0.15) is 36.9 Å². The van der Waals surface area contributed by atoms with Crippen molar-refractivity contribution >= 4 is 0 Å². The second-order valence-electron chi connectivity index (χ2n) is 5.86. The van der Waals surface area contributed by atoms with Crippen molar-refractivity contribution in [3.8, 4) is 11.5 Å². The quantitative estimate of drug-likeness (QED) is 0.706. The van der Waals surface area contributed by atoms with Crippen molar-refractivity contribution in [2.75, 3.05) is 13.2 Å². The standard InChI is InChI=1S/C9H10O2.C5H6O3.C5H8O2/c1-7-6-10-8-4-2-3-5-9(8)11-7;1-3-4(2)8-5(6)7-3;1-4-3-6-5(2)7-4/h2-5,7H,6H2,1H3;1-2H3;4H,2-3H2,1H3. The smallest absolute Gasteiger partial charge is 0.486 e. The second kappa shape index (κ2) is 9.03. The summed E-state index contributed by atoms with van der Waals surface area (Å²) in [7, 11) is 0. The van der Waals surface area contributed by atoms with Crippen LogP contribution in [-0.4, -0.2) is 25.4 Å². The van der Waals surface area contributed by atoms with Gasteiger partial charge in [0, 0.05) is 0 Å². The molecule has 1 fully saturated rings. The van der Waals surface area contributed by atoms with Crippen LogP contribution in [0.2, 0.25) is 0 Å². The topological polar surface area (TPSA) is 80.3 Å². The van der Waals surface area contributed by atoms with Gasteiger partial charge in [0.15, 0.2) is 11.5 Å². The van der Waals surface area contributed by atoms with Crippen molar-refractivity contribution in [2.45, 2.75) is 39.9 Å². The van der Waals surface area contributed by atoms with E-state index in [1.807, 2.05) is 38.1 Å². The van der Waals surface area contributed by atoms with Crippen molar-refractivity contribution in [2.24, 2.45) is 0 Å². The zero-order valence-electron chi connectivity index (χ0n) is 15.4. The highest BCUT2D eigenvalue weighted by Crippen LogP contribution is 2.30. The minimum Gasteiger partial charge on any atom is -0.486 e. The fourth-order valence-corrected chi connectivity index (χ4v) is 2.04. The molecule has 26 heavy (non-hydrogen) atoms. The summed E-state index contributed by atoms with van der Waals surface area (Å²) in [6, 6.07) is 7.73. The van der Waals surface area contributed by atoms with Crippen LogP contribution in [0, 0.1) is 13.8 Å². The number of ether oxygens (including phenoxy) is 4. The molecular weight excluding hydrogens is 340 g/mol. The van der Waals surface area contributed by atoms with Gasteiger partial charge in [-0.3, -0.25) is 0 Å². The fraction of sp³-hybridized carbons (Fsp3) is 0.421.